The lowest BCUT2D eigenvalue weighted by molar-refractivity contribution is -0.136. The zero-order valence-electron chi connectivity index (χ0n) is 17.2. The summed E-state index contributed by atoms with van der Waals surface area (Å²) in [7, 11) is 0. The van der Waals surface area contributed by atoms with Crippen molar-refractivity contribution < 1.29 is 9.59 Å². The fourth-order valence-corrected chi connectivity index (χ4v) is 3.53. The van der Waals surface area contributed by atoms with E-state index in [0.29, 0.717) is 13.1 Å². The van der Waals surface area contributed by atoms with Gasteiger partial charge in [-0.05, 0) is 30.5 Å². The number of hydrogen-bond acceptors (Lipinski definition) is 3. The lowest BCUT2D eigenvalue weighted by Crippen LogP contribution is -2.49. The van der Waals surface area contributed by atoms with Crippen LogP contribution in [0.1, 0.15) is 23.1 Å². The number of nitrogens with one attached hydrogen (secondary N) is 1. The average Bonchev–Trinajstić information content (AvgIpc) is 2.72. The summed E-state index contributed by atoms with van der Waals surface area (Å²) >= 11 is 0. The second-order valence-electron chi connectivity index (χ2n) is 7.49. The van der Waals surface area contributed by atoms with E-state index < -0.39 is 0 Å². The molecule has 2 amide bonds. The van der Waals surface area contributed by atoms with Crippen molar-refractivity contribution in [2.24, 2.45) is 0 Å². The molecule has 1 N–H and O–H groups in total. The lowest BCUT2D eigenvalue weighted by atomic mass is 10.1. The Morgan fingerprint density at radius 1 is 0.931 bits per heavy atom. The number of nitrogens with zero attached hydrogens (tertiary/aromatic N) is 2. The van der Waals surface area contributed by atoms with Gasteiger partial charge in [-0.1, -0.05) is 60.7 Å². The van der Waals surface area contributed by atoms with E-state index in [-0.39, 0.29) is 18.2 Å². The molecule has 29 heavy (non-hydrogen) atoms. The van der Waals surface area contributed by atoms with Crippen LogP contribution in [0, 0.1) is 13.8 Å². The normalized spacial score (nSPS) is 14.9. The van der Waals surface area contributed by atoms with E-state index in [0.717, 1.165) is 36.4 Å². The Morgan fingerprint density at radius 2 is 1.59 bits per heavy atom. The molecule has 2 aromatic rings. The van der Waals surface area contributed by atoms with Gasteiger partial charge in [-0.3, -0.25) is 14.5 Å². The molecule has 0 aliphatic carbocycles. The van der Waals surface area contributed by atoms with Crippen LogP contribution in [-0.2, 0) is 9.59 Å². The molecular formula is C24H29N3O2. The van der Waals surface area contributed by atoms with Crippen molar-refractivity contribution in [2.45, 2.75) is 20.3 Å². The first-order chi connectivity index (χ1) is 14.0. The molecule has 0 bridgehead atoms. The summed E-state index contributed by atoms with van der Waals surface area (Å²) in [6, 6.07) is 16.1. The van der Waals surface area contributed by atoms with Crippen molar-refractivity contribution >= 4 is 23.6 Å². The fourth-order valence-electron chi connectivity index (χ4n) is 3.53. The summed E-state index contributed by atoms with van der Waals surface area (Å²) in [6.45, 7) is 7.74. The molecule has 0 radical (unpaired) electrons. The van der Waals surface area contributed by atoms with Crippen molar-refractivity contribution in [2.75, 3.05) is 38.0 Å². The topological polar surface area (TPSA) is 52.7 Å². The molecule has 1 aliphatic rings. The van der Waals surface area contributed by atoms with Crippen LogP contribution < -0.4 is 5.32 Å². The Bertz CT molecular complexity index is 849. The summed E-state index contributed by atoms with van der Waals surface area (Å²) in [5.41, 5.74) is 4.00. The monoisotopic (exact) mass is 391 g/mol. The van der Waals surface area contributed by atoms with Crippen molar-refractivity contribution in [3.05, 3.63) is 71.3 Å². The Hall–Kier alpha value is -2.92. The number of amides is 2. The highest BCUT2D eigenvalue weighted by Gasteiger charge is 2.22. The first-order valence-electron chi connectivity index (χ1n) is 10.1. The van der Waals surface area contributed by atoms with E-state index in [9.17, 15) is 9.59 Å². The first-order valence-corrected chi connectivity index (χ1v) is 10.1. The molecule has 152 valence electrons. The van der Waals surface area contributed by atoms with Gasteiger partial charge in [-0.2, -0.15) is 0 Å². The summed E-state index contributed by atoms with van der Waals surface area (Å²) in [5.74, 6) is -0.353. The number of carbonyl (C=O) groups is 2. The quantitative estimate of drug-likeness (QED) is 0.767. The van der Waals surface area contributed by atoms with Crippen LogP contribution in [0.5, 0.6) is 0 Å². The largest absolute Gasteiger partial charge is 0.340 e. The number of hydrogen-bond donors (Lipinski definition) is 1. The van der Waals surface area contributed by atoms with Crippen LogP contribution >= 0.6 is 0 Å². The molecule has 0 aromatic heterocycles. The molecule has 1 fully saturated rings. The van der Waals surface area contributed by atoms with Crippen molar-refractivity contribution in [1.82, 2.24) is 9.80 Å². The SMILES string of the molecule is Cc1cccc(C)c1NC(=O)CC(=O)N1CCN(C/C=C/c2ccccc2)CC1. The fraction of sp³-hybridized carbons (Fsp3) is 0.333. The Morgan fingerprint density at radius 3 is 2.24 bits per heavy atom. The number of aryl methyl sites for hydroxylation is 2. The maximum absolute atomic E-state index is 12.5. The predicted octanol–water partition coefficient (Wildman–Crippen LogP) is 3.49. The van der Waals surface area contributed by atoms with E-state index in [1.807, 2.05) is 50.2 Å². The number of para-hydroxylation sites is 1. The first kappa shape index (κ1) is 20.8. The molecule has 0 unspecified atom stereocenters. The summed E-state index contributed by atoms with van der Waals surface area (Å²) in [5, 5.41) is 2.89. The molecule has 5 heteroatoms. The number of benzene rings is 2. The molecule has 0 atom stereocenters. The third-order valence-electron chi connectivity index (χ3n) is 5.26. The minimum Gasteiger partial charge on any atom is -0.340 e. The van der Waals surface area contributed by atoms with Gasteiger partial charge in [0.05, 0.1) is 0 Å². The van der Waals surface area contributed by atoms with E-state index in [2.05, 4.69) is 34.5 Å². The van der Waals surface area contributed by atoms with E-state index in [4.69, 9.17) is 0 Å². The molecule has 1 heterocycles. The zero-order chi connectivity index (χ0) is 20.6. The Labute approximate surface area is 173 Å². The predicted molar refractivity (Wildman–Crippen MR) is 118 cm³/mol. The highest BCUT2D eigenvalue weighted by atomic mass is 16.2. The van der Waals surface area contributed by atoms with Crippen molar-refractivity contribution in [3.63, 3.8) is 0 Å². The van der Waals surface area contributed by atoms with Crippen LogP contribution in [-0.4, -0.2) is 54.3 Å². The number of carbonyl (C=O) groups excluding carboxylic acids is 2. The van der Waals surface area contributed by atoms with Crippen molar-refractivity contribution in [1.29, 1.82) is 0 Å². The molecule has 2 aromatic carbocycles. The smallest absolute Gasteiger partial charge is 0.233 e. The van der Waals surface area contributed by atoms with Gasteiger partial charge in [-0.25, -0.2) is 0 Å². The van der Waals surface area contributed by atoms with Gasteiger partial charge in [0.15, 0.2) is 0 Å². The third kappa shape index (κ3) is 6.03. The summed E-state index contributed by atoms with van der Waals surface area (Å²) < 4.78 is 0. The van der Waals surface area contributed by atoms with Crippen molar-refractivity contribution in [3.8, 4) is 0 Å². The maximum atomic E-state index is 12.5. The molecular weight excluding hydrogens is 362 g/mol. The van der Waals surface area contributed by atoms with Gasteiger partial charge in [-0.15, -0.1) is 0 Å². The van der Waals surface area contributed by atoms with Gasteiger partial charge < -0.3 is 10.2 Å². The molecule has 3 rings (SSSR count). The number of rotatable bonds is 6. The van der Waals surface area contributed by atoms with Gasteiger partial charge >= 0.3 is 0 Å². The van der Waals surface area contributed by atoms with Crippen LogP contribution in [0.2, 0.25) is 0 Å². The third-order valence-corrected chi connectivity index (χ3v) is 5.26. The lowest BCUT2D eigenvalue weighted by Gasteiger charge is -2.34. The van der Waals surface area contributed by atoms with E-state index in [1.54, 1.807) is 4.90 Å². The minimum atomic E-state index is -0.249. The van der Waals surface area contributed by atoms with E-state index in [1.165, 1.54) is 5.56 Å². The Balaban J connectivity index is 1.42. The standard InChI is InChI=1S/C24H29N3O2/c1-19-8-6-9-20(2)24(19)25-22(28)18-23(29)27-16-14-26(15-17-27)13-7-12-21-10-4-3-5-11-21/h3-12H,13-18H2,1-2H3,(H,25,28)/b12-7+. The van der Waals surface area contributed by atoms with Gasteiger partial charge in [0, 0.05) is 38.4 Å². The molecule has 5 nitrogen and oxygen atoms in total. The van der Waals surface area contributed by atoms with Crippen LogP contribution in [0.25, 0.3) is 6.08 Å². The zero-order valence-corrected chi connectivity index (χ0v) is 17.2. The Kier molecular flexibility index (Phi) is 7.19. The number of piperazine rings is 1. The molecule has 0 saturated carbocycles. The highest BCUT2D eigenvalue weighted by Crippen LogP contribution is 2.19. The van der Waals surface area contributed by atoms with Gasteiger partial charge in [0.2, 0.25) is 11.8 Å². The second kappa shape index (κ2) is 10.0. The average molecular weight is 392 g/mol. The van der Waals surface area contributed by atoms with E-state index >= 15 is 0 Å². The summed E-state index contributed by atoms with van der Waals surface area (Å²) in [6.07, 6.45) is 4.17. The van der Waals surface area contributed by atoms with Gasteiger partial charge in [0.25, 0.3) is 0 Å². The highest BCUT2D eigenvalue weighted by molar-refractivity contribution is 6.04. The molecule has 1 saturated heterocycles. The van der Waals surface area contributed by atoms with Crippen LogP contribution in [0.3, 0.4) is 0 Å². The van der Waals surface area contributed by atoms with Crippen LogP contribution in [0.4, 0.5) is 5.69 Å². The number of anilines is 1. The minimum absolute atomic E-state index is 0.104. The maximum Gasteiger partial charge on any atom is 0.233 e. The summed E-state index contributed by atoms with van der Waals surface area (Å²) in [4.78, 5) is 29.0. The van der Waals surface area contributed by atoms with Crippen LogP contribution in [0.15, 0.2) is 54.6 Å². The van der Waals surface area contributed by atoms with Gasteiger partial charge in [0.1, 0.15) is 6.42 Å². The molecule has 1 aliphatic heterocycles. The second-order valence-corrected chi connectivity index (χ2v) is 7.49. The molecule has 0 spiro atoms.